The average molecular weight is 861 g/mol. The van der Waals surface area contributed by atoms with Gasteiger partial charge in [-0.25, -0.2) is 26.4 Å². The Morgan fingerprint density at radius 1 is 0.567 bits per heavy atom. The van der Waals surface area contributed by atoms with Crippen molar-refractivity contribution in [3.8, 4) is 0 Å². The van der Waals surface area contributed by atoms with E-state index in [1.165, 1.54) is 81.4 Å². The molecule has 16 nitrogen and oxygen atoms in total. The molecular formula is C42H44N4O12S2. The average Bonchev–Trinajstić information content (AvgIpc) is 3.76. The van der Waals surface area contributed by atoms with Crippen LogP contribution in [-0.4, -0.2) is 72.5 Å². The van der Waals surface area contributed by atoms with E-state index in [2.05, 4.69) is 0 Å². The Kier molecular flexibility index (Phi) is 13.8. The van der Waals surface area contributed by atoms with Gasteiger partial charge in [-0.1, -0.05) is 71.8 Å². The Labute approximate surface area is 348 Å². The number of hydrogen-bond donors (Lipinski definition) is 0. The standard InChI is InChI=1S/2C21H22N2O6S/c2*1-4-29-21(24)19-13-15(3)22(30(27,28)18-11-5-14(2)6-12-18)20(19)16-7-9-17(10-8-16)23(25)26/h2*5-13,15,20H,4H2,1-3H3/t2*15-,20+/m11/s1. The van der Waals surface area contributed by atoms with Gasteiger partial charge in [0.25, 0.3) is 11.4 Å². The maximum absolute atomic E-state index is 13.5. The number of non-ortho nitro benzene ring substituents is 2. The van der Waals surface area contributed by atoms with E-state index in [0.29, 0.717) is 11.1 Å². The molecule has 60 heavy (non-hydrogen) atoms. The molecule has 0 fully saturated rings. The van der Waals surface area contributed by atoms with Crippen LogP contribution in [0.25, 0.3) is 0 Å². The van der Waals surface area contributed by atoms with Crippen molar-refractivity contribution < 1.29 is 45.7 Å². The van der Waals surface area contributed by atoms with Gasteiger partial charge in [0.2, 0.25) is 20.0 Å². The summed E-state index contributed by atoms with van der Waals surface area (Å²) < 4.78 is 66.6. The third kappa shape index (κ3) is 9.36. The van der Waals surface area contributed by atoms with Gasteiger partial charge in [-0.2, -0.15) is 8.61 Å². The second kappa shape index (κ2) is 18.5. The minimum absolute atomic E-state index is 0.102. The lowest BCUT2D eigenvalue weighted by Gasteiger charge is -2.29. The number of esters is 2. The zero-order chi connectivity index (χ0) is 44.1. The number of aryl methyl sites for hydroxylation is 2. The monoisotopic (exact) mass is 860 g/mol. The summed E-state index contributed by atoms with van der Waals surface area (Å²) in [5.74, 6) is -1.23. The molecule has 2 heterocycles. The number of hydrogen-bond acceptors (Lipinski definition) is 12. The number of carbonyl (C=O) groups excluding carboxylic acids is 2. The van der Waals surface area contributed by atoms with Gasteiger partial charge in [0.1, 0.15) is 0 Å². The molecule has 0 saturated carbocycles. The predicted octanol–water partition coefficient (Wildman–Crippen LogP) is 7.05. The van der Waals surface area contributed by atoms with Crippen molar-refractivity contribution in [2.75, 3.05) is 13.2 Å². The van der Waals surface area contributed by atoms with Gasteiger partial charge in [0.05, 0.1) is 56.1 Å². The molecule has 2 aliphatic rings. The summed E-state index contributed by atoms with van der Waals surface area (Å²) in [7, 11) is -7.94. The molecule has 6 rings (SSSR count). The number of nitro benzene ring substituents is 2. The molecule has 0 spiro atoms. The van der Waals surface area contributed by atoms with E-state index in [1.54, 1.807) is 64.1 Å². The first-order valence-corrected chi connectivity index (χ1v) is 21.7. The van der Waals surface area contributed by atoms with Crippen LogP contribution in [0, 0.1) is 34.1 Å². The van der Waals surface area contributed by atoms with Crippen molar-refractivity contribution >= 4 is 43.4 Å². The zero-order valence-electron chi connectivity index (χ0n) is 33.6. The highest BCUT2D eigenvalue weighted by Crippen LogP contribution is 2.43. The maximum atomic E-state index is 13.5. The number of carbonyl (C=O) groups is 2. The third-order valence-corrected chi connectivity index (χ3v) is 13.7. The molecular weight excluding hydrogens is 817 g/mol. The summed E-state index contributed by atoms with van der Waals surface area (Å²) in [4.78, 5) is 46.3. The van der Waals surface area contributed by atoms with Crippen LogP contribution in [-0.2, 0) is 39.1 Å². The minimum atomic E-state index is -3.97. The van der Waals surface area contributed by atoms with Crippen LogP contribution in [0.15, 0.2) is 130 Å². The van der Waals surface area contributed by atoms with Gasteiger partial charge >= 0.3 is 11.9 Å². The molecule has 18 heteroatoms. The number of benzene rings is 4. The zero-order valence-corrected chi connectivity index (χ0v) is 35.3. The van der Waals surface area contributed by atoms with E-state index in [4.69, 9.17) is 9.47 Å². The van der Waals surface area contributed by atoms with Crippen LogP contribution in [0.5, 0.6) is 0 Å². The second-order valence-electron chi connectivity index (χ2n) is 14.0. The maximum Gasteiger partial charge on any atom is 0.335 e. The molecule has 0 unspecified atom stereocenters. The Hall–Kier alpha value is -6.08. The van der Waals surface area contributed by atoms with E-state index in [0.717, 1.165) is 11.1 Å². The largest absolute Gasteiger partial charge is 0.463 e. The van der Waals surface area contributed by atoms with Crippen molar-refractivity contribution in [1.29, 1.82) is 0 Å². The van der Waals surface area contributed by atoms with Crippen molar-refractivity contribution in [3.63, 3.8) is 0 Å². The SMILES string of the molecule is CCOC(=O)C1=C[C@@H](C)N(S(=O)(=O)c2ccc(C)cc2)[C@H]1c1ccc([N+](=O)[O-])cc1.CCOC(=O)C1=C[C@@H](C)N(S(=O)(=O)c2ccc(C)cc2)[C@H]1c1ccc([N+](=O)[O-])cc1. The molecule has 0 aliphatic carbocycles. The van der Waals surface area contributed by atoms with Crippen LogP contribution >= 0.6 is 0 Å². The molecule has 0 bridgehead atoms. The summed E-state index contributed by atoms with van der Waals surface area (Å²) in [5, 5.41) is 22.0. The molecule has 2 aliphatic heterocycles. The van der Waals surface area contributed by atoms with E-state index in [-0.39, 0.29) is 45.5 Å². The van der Waals surface area contributed by atoms with Gasteiger partial charge in [0.15, 0.2) is 0 Å². The highest BCUT2D eigenvalue weighted by atomic mass is 32.2. The smallest absolute Gasteiger partial charge is 0.335 e. The minimum Gasteiger partial charge on any atom is -0.463 e. The van der Waals surface area contributed by atoms with Crippen molar-refractivity contribution in [2.24, 2.45) is 0 Å². The molecule has 4 atom stereocenters. The van der Waals surface area contributed by atoms with Gasteiger partial charge in [-0.05, 0) is 76.9 Å². The van der Waals surface area contributed by atoms with Crippen LogP contribution in [0.4, 0.5) is 11.4 Å². The number of sulfonamides is 2. The normalized spacial score (nSPS) is 19.4. The molecule has 316 valence electrons. The Balaban J connectivity index is 0.000000228. The van der Waals surface area contributed by atoms with Crippen LogP contribution in [0.3, 0.4) is 0 Å². The van der Waals surface area contributed by atoms with Gasteiger partial charge in [-0.15, -0.1) is 0 Å². The molecule has 0 N–H and O–H groups in total. The van der Waals surface area contributed by atoms with E-state index < -0.39 is 66.0 Å². The van der Waals surface area contributed by atoms with Crippen LogP contribution < -0.4 is 0 Å². The van der Waals surface area contributed by atoms with Crippen LogP contribution in [0.2, 0.25) is 0 Å². The molecule has 0 aromatic heterocycles. The molecule has 0 amide bonds. The molecule has 4 aromatic rings. The summed E-state index contributed by atoms with van der Waals surface area (Å²) in [6.07, 6.45) is 3.13. The van der Waals surface area contributed by atoms with E-state index >= 15 is 0 Å². The number of rotatable bonds is 12. The Bertz CT molecular complexity index is 2360. The quantitative estimate of drug-likeness (QED) is 0.0796. The molecule has 0 saturated heterocycles. The van der Waals surface area contributed by atoms with Crippen molar-refractivity contribution in [3.05, 3.63) is 163 Å². The predicted molar refractivity (Wildman–Crippen MR) is 220 cm³/mol. The highest BCUT2D eigenvalue weighted by Gasteiger charge is 2.46. The van der Waals surface area contributed by atoms with Crippen molar-refractivity contribution in [1.82, 2.24) is 8.61 Å². The van der Waals surface area contributed by atoms with Crippen LogP contribution in [0.1, 0.15) is 62.0 Å². The van der Waals surface area contributed by atoms with E-state index in [1.807, 2.05) is 13.8 Å². The first-order chi connectivity index (χ1) is 28.3. The highest BCUT2D eigenvalue weighted by molar-refractivity contribution is 7.89. The molecule has 4 aromatic carbocycles. The first-order valence-electron chi connectivity index (χ1n) is 18.8. The first kappa shape index (κ1) is 45.0. The lowest BCUT2D eigenvalue weighted by atomic mass is 10.0. The number of ether oxygens (including phenoxy) is 2. The third-order valence-electron chi connectivity index (χ3n) is 9.80. The van der Waals surface area contributed by atoms with Gasteiger partial charge < -0.3 is 9.47 Å². The second-order valence-corrected chi connectivity index (χ2v) is 17.7. The number of nitro groups is 2. The lowest BCUT2D eigenvalue weighted by Crippen LogP contribution is -2.37. The Morgan fingerprint density at radius 2 is 0.867 bits per heavy atom. The van der Waals surface area contributed by atoms with Gasteiger partial charge in [0, 0.05) is 36.3 Å². The fourth-order valence-corrected chi connectivity index (χ4v) is 10.4. The Morgan fingerprint density at radius 3 is 1.13 bits per heavy atom. The fraction of sp³-hybridized carbons (Fsp3) is 0.286. The topological polar surface area (TPSA) is 214 Å². The summed E-state index contributed by atoms with van der Waals surface area (Å²) >= 11 is 0. The van der Waals surface area contributed by atoms with E-state index in [9.17, 15) is 46.7 Å². The van der Waals surface area contributed by atoms with Crippen molar-refractivity contribution in [2.45, 2.75) is 75.5 Å². The number of nitrogens with zero attached hydrogens (tertiary/aromatic N) is 4. The summed E-state index contributed by atoms with van der Waals surface area (Å²) in [5.41, 5.74) is 2.85. The summed E-state index contributed by atoms with van der Waals surface area (Å²) in [6, 6.07) is 20.8. The van der Waals surface area contributed by atoms with Gasteiger partial charge in [-0.3, -0.25) is 20.2 Å². The lowest BCUT2D eigenvalue weighted by molar-refractivity contribution is -0.385. The summed E-state index contributed by atoms with van der Waals surface area (Å²) in [6.45, 7) is 10.7. The molecule has 0 radical (unpaired) electrons. The fourth-order valence-electron chi connectivity index (χ4n) is 6.97.